The molecule has 2 fully saturated rings. The van der Waals surface area contributed by atoms with Gasteiger partial charge in [-0.25, -0.2) is 0 Å². The fourth-order valence-electron chi connectivity index (χ4n) is 4.34. The molecule has 7 nitrogen and oxygen atoms in total. The molecule has 4 rings (SSSR count). The molecule has 0 aromatic heterocycles. The summed E-state index contributed by atoms with van der Waals surface area (Å²) < 4.78 is 0. The van der Waals surface area contributed by atoms with Crippen molar-refractivity contribution in [2.24, 2.45) is 0 Å². The quantitative estimate of drug-likeness (QED) is 0.871. The predicted octanol–water partition coefficient (Wildman–Crippen LogP) is 1.45. The summed E-state index contributed by atoms with van der Waals surface area (Å²) in [6.45, 7) is 3.85. The molecule has 1 atom stereocenters. The van der Waals surface area contributed by atoms with E-state index in [2.05, 4.69) is 10.2 Å². The second kappa shape index (κ2) is 7.68. The van der Waals surface area contributed by atoms with Crippen molar-refractivity contribution < 1.29 is 14.4 Å². The molecule has 27 heavy (non-hydrogen) atoms. The second-order valence-electron chi connectivity index (χ2n) is 7.57. The summed E-state index contributed by atoms with van der Waals surface area (Å²) in [5, 5.41) is 2.77. The van der Waals surface area contributed by atoms with Crippen LogP contribution in [0.15, 0.2) is 24.3 Å². The van der Waals surface area contributed by atoms with Crippen molar-refractivity contribution in [3.63, 3.8) is 0 Å². The van der Waals surface area contributed by atoms with Crippen LogP contribution in [-0.2, 0) is 14.4 Å². The number of carbonyl (C=O) groups is 3. The van der Waals surface area contributed by atoms with Crippen molar-refractivity contribution in [1.82, 2.24) is 9.80 Å². The first-order chi connectivity index (χ1) is 13.1. The first kappa shape index (κ1) is 18.0. The number of rotatable bonds is 4. The molecule has 1 aromatic rings. The molecule has 2 saturated heterocycles. The van der Waals surface area contributed by atoms with Crippen LogP contribution in [0.4, 0.5) is 11.4 Å². The van der Waals surface area contributed by atoms with Gasteiger partial charge in [-0.3, -0.25) is 19.3 Å². The lowest BCUT2D eigenvalue weighted by Gasteiger charge is -2.29. The second-order valence-corrected chi connectivity index (χ2v) is 7.57. The van der Waals surface area contributed by atoms with Crippen molar-refractivity contribution in [2.75, 3.05) is 42.9 Å². The predicted molar refractivity (Wildman–Crippen MR) is 102 cm³/mol. The van der Waals surface area contributed by atoms with Gasteiger partial charge in [0.1, 0.15) is 6.54 Å². The molecule has 0 radical (unpaired) electrons. The summed E-state index contributed by atoms with van der Waals surface area (Å²) in [4.78, 5) is 43.0. The average Bonchev–Trinajstić information content (AvgIpc) is 3.36. The summed E-state index contributed by atoms with van der Waals surface area (Å²) in [6, 6.07) is 7.73. The van der Waals surface area contributed by atoms with Gasteiger partial charge >= 0.3 is 0 Å². The Bertz CT molecular complexity index is 744. The Labute approximate surface area is 159 Å². The number of nitrogens with zero attached hydrogens (tertiary/aromatic N) is 3. The van der Waals surface area contributed by atoms with Gasteiger partial charge in [0.2, 0.25) is 17.7 Å². The zero-order chi connectivity index (χ0) is 18.8. The van der Waals surface area contributed by atoms with Crippen molar-refractivity contribution >= 4 is 29.1 Å². The van der Waals surface area contributed by atoms with E-state index < -0.39 is 0 Å². The van der Waals surface area contributed by atoms with E-state index in [9.17, 15) is 14.4 Å². The Morgan fingerprint density at radius 2 is 1.78 bits per heavy atom. The molecule has 0 saturated carbocycles. The van der Waals surface area contributed by atoms with Gasteiger partial charge in [-0.2, -0.15) is 0 Å². The highest BCUT2D eigenvalue weighted by molar-refractivity contribution is 6.10. The molecule has 3 aliphatic heterocycles. The minimum Gasteiger partial charge on any atom is -0.341 e. The Kier molecular flexibility index (Phi) is 5.11. The highest BCUT2D eigenvalue weighted by Gasteiger charge is 2.32. The van der Waals surface area contributed by atoms with Crippen molar-refractivity contribution in [2.45, 2.75) is 38.1 Å². The van der Waals surface area contributed by atoms with Gasteiger partial charge in [0.15, 0.2) is 0 Å². The van der Waals surface area contributed by atoms with Crippen molar-refractivity contribution in [3.05, 3.63) is 24.3 Å². The largest absolute Gasteiger partial charge is 0.341 e. The van der Waals surface area contributed by atoms with Crippen LogP contribution in [0.3, 0.4) is 0 Å². The molecule has 7 heteroatoms. The molecule has 0 aliphatic carbocycles. The van der Waals surface area contributed by atoms with Crippen LogP contribution >= 0.6 is 0 Å². The van der Waals surface area contributed by atoms with Gasteiger partial charge in [0.25, 0.3) is 0 Å². The summed E-state index contributed by atoms with van der Waals surface area (Å²) in [7, 11) is 0. The number of nitrogens with one attached hydrogen (secondary N) is 1. The van der Waals surface area contributed by atoms with E-state index >= 15 is 0 Å². The molecule has 3 amide bonds. The molecule has 3 aliphatic rings. The number of fused-ring (bicyclic) bond motifs is 1. The van der Waals surface area contributed by atoms with E-state index in [-0.39, 0.29) is 37.1 Å². The highest BCUT2D eigenvalue weighted by Crippen LogP contribution is 2.29. The standard InChI is InChI=1S/C20H26N4O3/c25-18-14-24(17-6-2-1-5-16(17)21-18)20(27)8-7-19(26)23-12-9-15(13-23)22-10-3-4-11-22/h1-2,5-6,15H,3-4,7-14H2,(H,21,25). The third-order valence-corrected chi connectivity index (χ3v) is 5.80. The Morgan fingerprint density at radius 3 is 2.59 bits per heavy atom. The van der Waals surface area contributed by atoms with Crippen LogP contribution < -0.4 is 10.2 Å². The summed E-state index contributed by atoms with van der Waals surface area (Å²) in [5.41, 5.74) is 1.34. The van der Waals surface area contributed by atoms with E-state index in [1.54, 1.807) is 6.07 Å². The number of anilines is 2. The SMILES string of the molecule is O=C1CN(C(=O)CCC(=O)N2CCC(N3CCCC3)C2)c2ccccc2N1. The number of benzene rings is 1. The van der Waals surface area contributed by atoms with E-state index in [1.807, 2.05) is 23.1 Å². The topological polar surface area (TPSA) is 73.0 Å². The van der Waals surface area contributed by atoms with Crippen LogP contribution in [-0.4, -0.2) is 66.3 Å². The normalized spacial score (nSPS) is 22.7. The van der Waals surface area contributed by atoms with Crippen LogP contribution in [0.2, 0.25) is 0 Å². The number of hydrogen-bond acceptors (Lipinski definition) is 4. The van der Waals surface area contributed by atoms with Gasteiger partial charge in [-0.1, -0.05) is 12.1 Å². The van der Waals surface area contributed by atoms with E-state index in [1.165, 1.54) is 17.7 Å². The first-order valence-electron chi connectivity index (χ1n) is 9.83. The molecule has 0 spiro atoms. The lowest BCUT2D eigenvalue weighted by atomic mass is 10.1. The maximum atomic E-state index is 12.7. The van der Waals surface area contributed by atoms with E-state index in [4.69, 9.17) is 0 Å². The van der Waals surface area contributed by atoms with Gasteiger partial charge < -0.3 is 15.1 Å². The van der Waals surface area contributed by atoms with Crippen molar-refractivity contribution in [1.29, 1.82) is 0 Å². The Balaban J connectivity index is 1.32. The summed E-state index contributed by atoms with van der Waals surface area (Å²) >= 11 is 0. The molecule has 1 aromatic carbocycles. The minimum absolute atomic E-state index is 0.00475. The monoisotopic (exact) mass is 370 g/mol. The molecule has 144 valence electrons. The Hall–Kier alpha value is -2.41. The fraction of sp³-hybridized carbons (Fsp3) is 0.550. The van der Waals surface area contributed by atoms with Crippen LogP contribution in [0.25, 0.3) is 0 Å². The molecule has 1 unspecified atom stereocenters. The summed E-state index contributed by atoms with van der Waals surface area (Å²) in [5.74, 6) is -0.345. The summed E-state index contributed by atoms with van der Waals surface area (Å²) in [6.07, 6.45) is 3.87. The van der Waals surface area contributed by atoms with Crippen molar-refractivity contribution in [3.8, 4) is 0 Å². The Morgan fingerprint density at radius 1 is 1.04 bits per heavy atom. The van der Waals surface area contributed by atoms with E-state index in [0.717, 1.165) is 32.6 Å². The molecule has 3 heterocycles. The number of para-hydroxylation sites is 2. The van der Waals surface area contributed by atoms with Crippen LogP contribution in [0, 0.1) is 0 Å². The number of carbonyl (C=O) groups excluding carboxylic acids is 3. The third kappa shape index (κ3) is 3.83. The van der Waals surface area contributed by atoms with E-state index in [0.29, 0.717) is 17.4 Å². The smallest absolute Gasteiger partial charge is 0.244 e. The minimum atomic E-state index is -0.207. The highest BCUT2D eigenvalue weighted by atomic mass is 16.2. The maximum Gasteiger partial charge on any atom is 0.244 e. The first-order valence-corrected chi connectivity index (χ1v) is 9.83. The molecule has 0 bridgehead atoms. The number of amides is 3. The zero-order valence-electron chi connectivity index (χ0n) is 15.5. The molecule has 1 N–H and O–H groups in total. The fourth-order valence-corrected chi connectivity index (χ4v) is 4.34. The lowest BCUT2D eigenvalue weighted by molar-refractivity contribution is -0.132. The van der Waals surface area contributed by atoms with Gasteiger partial charge in [-0.15, -0.1) is 0 Å². The van der Waals surface area contributed by atoms with Crippen LogP contribution in [0.1, 0.15) is 32.1 Å². The van der Waals surface area contributed by atoms with Gasteiger partial charge in [0, 0.05) is 32.0 Å². The maximum absolute atomic E-state index is 12.7. The third-order valence-electron chi connectivity index (χ3n) is 5.80. The molecular weight excluding hydrogens is 344 g/mol. The zero-order valence-corrected chi connectivity index (χ0v) is 15.5. The number of hydrogen-bond donors (Lipinski definition) is 1. The lowest BCUT2D eigenvalue weighted by Crippen LogP contribution is -2.42. The number of likely N-dealkylation sites (tertiary alicyclic amines) is 2. The van der Waals surface area contributed by atoms with Gasteiger partial charge in [0.05, 0.1) is 11.4 Å². The van der Waals surface area contributed by atoms with Crippen LogP contribution in [0.5, 0.6) is 0 Å². The van der Waals surface area contributed by atoms with Gasteiger partial charge in [-0.05, 0) is 44.5 Å². The average molecular weight is 370 g/mol. The molecular formula is C20H26N4O3.